The van der Waals surface area contributed by atoms with Gasteiger partial charge in [0.1, 0.15) is 0 Å². The highest BCUT2D eigenvalue weighted by Gasteiger charge is 2.50. The third-order valence-electron chi connectivity index (χ3n) is 7.90. The Balaban J connectivity index is 1.34. The minimum absolute atomic E-state index is 0.306. The van der Waals surface area contributed by atoms with Gasteiger partial charge < -0.3 is 5.32 Å². The lowest BCUT2D eigenvalue weighted by Gasteiger charge is -2.57. The second-order valence-electron chi connectivity index (χ2n) is 9.82. The summed E-state index contributed by atoms with van der Waals surface area (Å²) in [7, 11) is 0. The molecule has 27 heavy (non-hydrogen) atoms. The van der Waals surface area contributed by atoms with Crippen LogP contribution in [-0.4, -0.2) is 6.54 Å². The van der Waals surface area contributed by atoms with E-state index in [-0.39, 0.29) is 0 Å². The van der Waals surface area contributed by atoms with E-state index in [4.69, 9.17) is 0 Å². The van der Waals surface area contributed by atoms with Crippen LogP contribution >= 0.6 is 0 Å². The number of rotatable bonds is 3. The Morgan fingerprint density at radius 1 is 0.704 bits per heavy atom. The predicted octanol–water partition coefficient (Wildman–Crippen LogP) is 6.07. The zero-order valence-corrected chi connectivity index (χ0v) is 16.0. The molecule has 0 spiro atoms. The monoisotopic (exact) mass is 355 g/mol. The van der Waals surface area contributed by atoms with Gasteiger partial charge in [-0.1, -0.05) is 60.7 Å². The Labute approximate surface area is 162 Å². The second kappa shape index (κ2) is 6.07. The lowest BCUT2D eigenvalue weighted by molar-refractivity contribution is -0.0520. The first-order chi connectivity index (χ1) is 13.3. The number of fused-ring (bicyclic) bond motifs is 2. The maximum Gasteiger partial charge on any atom is 0.0588 e. The maximum atomic E-state index is 4.09. The average Bonchev–Trinajstić information content (AvgIpc) is 2.82. The Kier molecular flexibility index (Phi) is 3.63. The molecule has 4 bridgehead atoms. The fraction of sp³-hybridized carbons (Fsp3) is 0.462. The SMILES string of the molecule is C1=Cc2ccccc2C(NCC23CC4CC(CC(C4)C2)C3)c2ccccc21. The fourth-order valence-electron chi connectivity index (χ4n) is 7.24. The topological polar surface area (TPSA) is 12.0 Å². The van der Waals surface area contributed by atoms with E-state index in [1.807, 2.05) is 0 Å². The minimum Gasteiger partial charge on any atom is -0.306 e. The van der Waals surface area contributed by atoms with Crippen molar-refractivity contribution in [3.63, 3.8) is 0 Å². The average molecular weight is 356 g/mol. The minimum atomic E-state index is 0.306. The molecular formula is C26H29N. The van der Waals surface area contributed by atoms with Crippen molar-refractivity contribution in [2.45, 2.75) is 44.6 Å². The van der Waals surface area contributed by atoms with Gasteiger partial charge in [0.2, 0.25) is 0 Å². The van der Waals surface area contributed by atoms with Crippen molar-refractivity contribution in [2.24, 2.45) is 23.2 Å². The van der Waals surface area contributed by atoms with Crippen molar-refractivity contribution in [3.05, 3.63) is 70.8 Å². The summed E-state index contributed by atoms with van der Waals surface area (Å²) in [5.74, 6) is 3.07. The van der Waals surface area contributed by atoms with Gasteiger partial charge in [0.25, 0.3) is 0 Å². The molecule has 0 unspecified atom stereocenters. The maximum absolute atomic E-state index is 4.09. The third kappa shape index (κ3) is 2.70. The van der Waals surface area contributed by atoms with Crippen LogP contribution in [0.3, 0.4) is 0 Å². The van der Waals surface area contributed by atoms with Gasteiger partial charge in [-0.3, -0.25) is 0 Å². The molecule has 7 rings (SSSR count). The number of hydrogen-bond acceptors (Lipinski definition) is 1. The van der Waals surface area contributed by atoms with Gasteiger partial charge in [-0.25, -0.2) is 0 Å². The first-order valence-corrected chi connectivity index (χ1v) is 10.9. The van der Waals surface area contributed by atoms with E-state index in [1.165, 1.54) is 67.3 Å². The second-order valence-corrected chi connectivity index (χ2v) is 9.82. The summed E-state index contributed by atoms with van der Waals surface area (Å²) < 4.78 is 0. The molecule has 0 radical (unpaired) electrons. The zero-order valence-electron chi connectivity index (χ0n) is 16.0. The highest BCUT2D eigenvalue weighted by Crippen LogP contribution is 2.59. The molecule has 2 aromatic carbocycles. The van der Waals surface area contributed by atoms with Crippen LogP contribution in [0, 0.1) is 23.2 Å². The van der Waals surface area contributed by atoms with Crippen LogP contribution in [0.25, 0.3) is 12.2 Å². The summed E-state index contributed by atoms with van der Waals surface area (Å²) in [5.41, 5.74) is 6.15. The van der Waals surface area contributed by atoms with Crippen molar-refractivity contribution in [1.29, 1.82) is 0 Å². The first-order valence-electron chi connectivity index (χ1n) is 10.9. The fourth-order valence-corrected chi connectivity index (χ4v) is 7.24. The molecule has 0 atom stereocenters. The molecular weight excluding hydrogens is 326 g/mol. The molecule has 4 saturated carbocycles. The van der Waals surface area contributed by atoms with E-state index in [1.54, 1.807) is 0 Å². The van der Waals surface area contributed by atoms with Gasteiger partial charge in [0.15, 0.2) is 0 Å². The summed E-state index contributed by atoms with van der Waals surface area (Å²) in [6.45, 7) is 1.18. The summed E-state index contributed by atoms with van der Waals surface area (Å²) in [6, 6.07) is 18.2. The molecule has 2 aromatic rings. The van der Waals surface area contributed by atoms with Gasteiger partial charge >= 0.3 is 0 Å². The quantitative estimate of drug-likeness (QED) is 0.705. The van der Waals surface area contributed by atoms with E-state index < -0.39 is 0 Å². The summed E-state index contributed by atoms with van der Waals surface area (Å²) in [5, 5.41) is 4.09. The van der Waals surface area contributed by atoms with Crippen LogP contribution in [0.5, 0.6) is 0 Å². The third-order valence-corrected chi connectivity index (χ3v) is 7.90. The summed E-state index contributed by atoms with van der Waals surface area (Å²) in [6.07, 6.45) is 13.6. The van der Waals surface area contributed by atoms with Crippen molar-refractivity contribution in [1.82, 2.24) is 5.32 Å². The molecule has 138 valence electrons. The van der Waals surface area contributed by atoms with Crippen LogP contribution in [-0.2, 0) is 0 Å². The molecule has 5 aliphatic carbocycles. The van der Waals surface area contributed by atoms with Crippen LogP contribution in [0.2, 0.25) is 0 Å². The van der Waals surface area contributed by atoms with Gasteiger partial charge in [-0.15, -0.1) is 0 Å². The summed E-state index contributed by atoms with van der Waals surface area (Å²) >= 11 is 0. The molecule has 1 N–H and O–H groups in total. The van der Waals surface area contributed by atoms with E-state index in [9.17, 15) is 0 Å². The van der Waals surface area contributed by atoms with Crippen molar-refractivity contribution in [3.8, 4) is 0 Å². The molecule has 0 heterocycles. The predicted molar refractivity (Wildman–Crippen MR) is 112 cm³/mol. The molecule has 1 nitrogen and oxygen atoms in total. The highest BCUT2D eigenvalue weighted by molar-refractivity contribution is 5.76. The van der Waals surface area contributed by atoms with Gasteiger partial charge in [-0.05, 0) is 83.9 Å². The Bertz CT molecular complexity index is 808. The normalized spacial score (nSPS) is 33.6. The van der Waals surface area contributed by atoms with Gasteiger partial charge in [0, 0.05) is 6.54 Å². The molecule has 0 saturated heterocycles. The molecule has 4 fully saturated rings. The largest absolute Gasteiger partial charge is 0.306 e. The molecule has 0 aromatic heterocycles. The molecule has 5 aliphatic rings. The van der Waals surface area contributed by atoms with Gasteiger partial charge in [-0.2, -0.15) is 0 Å². The number of benzene rings is 2. The van der Waals surface area contributed by atoms with E-state index >= 15 is 0 Å². The number of hydrogen-bond donors (Lipinski definition) is 1. The zero-order chi connectivity index (χ0) is 17.8. The van der Waals surface area contributed by atoms with Crippen molar-refractivity contribution < 1.29 is 0 Å². The molecule has 0 aliphatic heterocycles. The Morgan fingerprint density at radius 3 is 1.70 bits per heavy atom. The van der Waals surface area contributed by atoms with E-state index in [2.05, 4.69) is 66.0 Å². The van der Waals surface area contributed by atoms with Crippen LogP contribution in [0.4, 0.5) is 0 Å². The summed E-state index contributed by atoms with van der Waals surface area (Å²) in [4.78, 5) is 0. The lowest BCUT2D eigenvalue weighted by atomic mass is 9.49. The van der Waals surface area contributed by atoms with Crippen LogP contribution < -0.4 is 5.32 Å². The lowest BCUT2D eigenvalue weighted by Crippen LogP contribution is -2.50. The highest BCUT2D eigenvalue weighted by atomic mass is 14.9. The molecule has 0 amide bonds. The van der Waals surface area contributed by atoms with Crippen molar-refractivity contribution in [2.75, 3.05) is 6.54 Å². The van der Waals surface area contributed by atoms with Crippen molar-refractivity contribution >= 4 is 12.2 Å². The standard InChI is InChI=1S/C26H29N/c1-3-7-23-21(5-1)9-10-22-6-2-4-8-24(22)25(23)27-17-26-14-18-11-19(15-26)13-20(12-18)16-26/h1-10,18-20,25,27H,11-17H2. The smallest absolute Gasteiger partial charge is 0.0588 e. The van der Waals surface area contributed by atoms with Gasteiger partial charge in [0.05, 0.1) is 6.04 Å². The number of nitrogens with one attached hydrogen (secondary N) is 1. The van der Waals surface area contributed by atoms with Crippen LogP contribution in [0.15, 0.2) is 48.5 Å². The van der Waals surface area contributed by atoms with Crippen LogP contribution in [0.1, 0.15) is 66.8 Å². The van der Waals surface area contributed by atoms with E-state index in [0.717, 1.165) is 17.8 Å². The Hall–Kier alpha value is -1.86. The molecule has 1 heteroatoms. The van der Waals surface area contributed by atoms with E-state index in [0.29, 0.717) is 11.5 Å². The Morgan fingerprint density at radius 2 is 1.19 bits per heavy atom. The first kappa shape index (κ1) is 16.1.